The molecule has 0 radical (unpaired) electrons. The lowest BCUT2D eigenvalue weighted by molar-refractivity contribution is 0.580. The fraction of sp³-hybridized carbons (Fsp3) is 0.417. The maximum Gasteiger partial charge on any atom is 0.242 e. The predicted octanol–water partition coefficient (Wildman–Crippen LogP) is 2.21. The Kier molecular flexibility index (Phi) is 5.55. The fourth-order valence-electron chi connectivity index (χ4n) is 1.60. The second-order valence-corrected chi connectivity index (χ2v) is 9.01. The first-order valence-electron chi connectivity index (χ1n) is 6.37. The fourth-order valence-corrected chi connectivity index (χ4v) is 5.25. The topological polar surface area (TPSA) is 86.9 Å². The van der Waals surface area contributed by atoms with E-state index in [-0.39, 0.29) is 11.4 Å². The Morgan fingerprint density at radius 1 is 1.43 bits per heavy atom. The zero-order valence-electron chi connectivity index (χ0n) is 11.7. The highest BCUT2D eigenvalue weighted by atomic mass is 79.9. The van der Waals surface area contributed by atoms with Crippen molar-refractivity contribution in [3.8, 4) is 0 Å². The molecule has 0 aliphatic rings. The number of hydrogen-bond donors (Lipinski definition) is 3. The summed E-state index contributed by atoms with van der Waals surface area (Å²) >= 11 is 4.75. The van der Waals surface area contributed by atoms with Gasteiger partial charge in [0.15, 0.2) is 0 Å². The number of nitrogens with zero attached hydrogens (tertiary/aromatic N) is 1. The van der Waals surface area contributed by atoms with Crippen LogP contribution in [0.25, 0.3) is 0 Å². The lowest BCUT2D eigenvalue weighted by Gasteiger charge is -2.05. The van der Waals surface area contributed by atoms with Gasteiger partial charge in [-0.25, -0.2) is 13.1 Å². The average Bonchev–Trinajstić information content (AvgIpc) is 3.03. The summed E-state index contributed by atoms with van der Waals surface area (Å²) < 4.78 is 27.8. The van der Waals surface area contributed by atoms with Crippen molar-refractivity contribution in [3.05, 3.63) is 32.7 Å². The van der Waals surface area contributed by atoms with Gasteiger partial charge >= 0.3 is 0 Å². The van der Waals surface area contributed by atoms with E-state index in [0.717, 1.165) is 10.4 Å². The normalized spacial score (nSPS) is 12.2. The number of H-pyrrole nitrogens is 1. The molecule has 2 aromatic rings. The number of aromatic nitrogens is 2. The maximum atomic E-state index is 12.3. The Balaban J connectivity index is 2.08. The molecule has 0 bridgehead atoms. The van der Waals surface area contributed by atoms with Crippen LogP contribution in [0.4, 0.5) is 0 Å². The minimum atomic E-state index is -3.54. The first-order valence-corrected chi connectivity index (χ1v) is 9.46. The van der Waals surface area contributed by atoms with Gasteiger partial charge in [-0.2, -0.15) is 5.10 Å². The molecule has 0 amide bonds. The Morgan fingerprint density at radius 3 is 2.81 bits per heavy atom. The summed E-state index contributed by atoms with van der Waals surface area (Å²) in [5, 5.41) is 9.70. The van der Waals surface area contributed by atoms with Gasteiger partial charge in [0.25, 0.3) is 0 Å². The summed E-state index contributed by atoms with van der Waals surface area (Å²) in [5.41, 5.74) is 0.784. The largest absolute Gasteiger partial charge is 0.310 e. The van der Waals surface area contributed by atoms with Crippen molar-refractivity contribution in [2.75, 3.05) is 0 Å². The van der Waals surface area contributed by atoms with Crippen LogP contribution < -0.4 is 10.0 Å². The lowest BCUT2D eigenvalue weighted by Crippen LogP contribution is -2.23. The molecule has 0 unspecified atom stereocenters. The Hall–Kier alpha value is -0.740. The molecule has 0 fully saturated rings. The van der Waals surface area contributed by atoms with Gasteiger partial charge < -0.3 is 5.32 Å². The van der Waals surface area contributed by atoms with E-state index in [9.17, 15) is 8.42 Å². The minimum absolute atomic E-state index is 0.209. The van der Waals surface area contributed by atoms with E-state index in [2.05, 4.69) is 36.2 Å². The van der Waals surface area contributed by atoms with Gasteiger partial charge in [0.1, 0.15) is 4.90 Å². The molecule has 2 heterocycles. The standard InChI is InChI=1S/C12H17BrN4O2S2/c1-8(2)14-7-10-3-11(12(13)20-10)21(18,19)17-6-9-4-15-16-5-9/h3-5,8,14,17H,6-7H2,1-2H3,(H,15,16). The summed E-state index contributed by atoms with van der Waals surface area (Å²) in [6.45, 7) is 4.96. The predicted molar refractivity (Wildman–Crippen MR) is 86.6 cm³/mol. The van der Waals surface area contributed by atoms with Crippen molar-refractivity contribution >= 4 is 37.3 Å². The molecule has 0 aromatic carbocycles. The van der Waals surface area contributed by atoms with Gasteiger partial charge in [0.2, 0.25) is 10.0 Å². The van der Waals surface area contributed by atoms with E-state index in [0.29, 0.717) is 16.4 Å². The molecule has 0 saturated heterocycles. The molecule has 0 aliphatic carbocycles. The van der Waals surface area contributed by atoms with Crippen LogP contribution in [0.5, 0.6) is 0 Å². The minimum Gasteiger partial charge on any atom is -0.310 e. The molecule has 0 saturated carbocycles. The Bertz CT molecular complexity index is 680. The molecule has 116 valence electrons. The van der Waals surface area contributed by atoms with E-state index in [1.807, 2.05) is 13.8 Å². The third-order valence-electron chi connectivity index (χ3n) is 2.70. The van der Waals surface area contributed by atoms with Gasteiger partial charge in [-0.05, 0) is 22.0 Å². The number of thiophene rings is 1. The van der Waals surface area contributed by atoms with E-state index in [1.54, 1.807) is 18.5 Å². The monoisotopic (exact) mass is 392 g/mol. The van der Waals surface area contributed by atoms with Crippen LogP contribution in [0.3, 0.4) is 0 Å². The van der Waals surface area contributed by atoms with Crippen LogP contribution in [0.2, 0.25) is 0 Å². The van der Waals surface area contributed by atoms with Crippen molar-refractivity contribution in [1.29, 1.82) is 0 Å². The zero-order valence-corrected chi connectivity index (χ0v) is 14.9. The number of halogens is 1. The SMILES string of the molecule is CC(C)NCc1cc(S(=O)(=O)NCc2cn[nH]c2)c(Br)s1. The molecule has 6 nitrogen and oxygen atoms in total. The summed E-state index contributed by atoms with van der Waals surface area (Å²) in [4.78, 5) is 1.25. The molecule has 0 spiro atoms. The van der Waals surface area contributed by atoms with Crippen molar-refractivity contribution in [3.63, 3.8) is 0 Å². The number of nitrogens with one attached hydrogen (secondary N) is 3. The molecule has 2 aromatic heterocycles. The van der Waals surface area contributed by atoms with Crippen LogP contribution in [-0.2, 0) is 23.1 Å². The number of aromatic amines is 1. The molecule has 21 heavy (non-hydrogen) atoms. The number of hydrogen-bond acceptors (Lipinski definition) is 5. The maximum absolute atomic E-state index is 12.3. The summed E-state index contributed by atoms with van der Waals surface area (Å²) in [5.74, 6) is 0. The second-order valence-electron chi connectivity index (χ2n) is 4.82. The highest BCUT2D eigenvalue weighted by Gasteiger charge is 2.20. The molecule has 9 heteroatoms. The van der Waals surface area contributed by atoms with E-state index >= 15 is 0 Å². The van der Waals surface area contributed by atoms with Gasteiger partial charge in [0, 0.05) is 35.8 Å². The number of rotatable bonds is 7. The summed E-state index contributed by atoms with van der Waals surface area (Å²) in [6.07, 6.45) is 3.24. The van der Waals surface area contributed by atoms with Gasteiger partial charge in [-0.3, -0.25) is 5.10 Å². The van der Waals surface area contributed by atoms with Crippen molar-refractivity contribution in [1.82, 2.24) is 20.2 Å². The third-order valence-corrected chi connectivity index (χ3v) is 6.36. The molecular formula is C12H17BrN4O2S2. The van der Waals surface area contributed by atoms with E-state index in [4.69, 9.17) is 0 Å². The first kappa shape index (κ1) is 16.6. The first-order chi connectivity index (χ1) is 9.88. The smallest absolute Gasteiger partial charge is 0.242 e. The summed E-state index contributed by atoms with van der Waals surface area (Å²) in [7, 11) is -3.54. The van der Waals surface area contributed by atoms with Crippen LogP contribution in [-0.4, -0.2) is 24.7 Å². The Morgan fingerprint density at radius 2 is 2.19 bits per heavy atom. The van der Waals surface area contributed by atoms with Crippen molar-refractivity contribution in [2.45, 2.75) is 37.9 Å². The lowest BCUT2D eigenvalue weighted by atomic mass is 10.4. The third kappa shape index (κ3) is 4.62. The van der Waals surface area contributed by atoms with Crippen LogP contribution in [0, 0.1) is 0 Å². The van der Waals surface area contributed by atoms with Gasteiger partial charge in [-0.15, -0.1) is 11.3 Å². The second kappa shape index (κ2) is 7.01. The quantitative estimate of drug-likeness (QED) is 0.673. The van der Waals surface area contributed by atoms with Gasteiger partial charge in [-0.1, -0.05) is 13.8 Å². The highest BCUT2D eigenvalue weighted by Crippen LogP contribution is 2.31. The van der Waals surface area contributed by atoms with E-state index in [1.165, 1.54) is 11.3 Å². The van der Waals surface area contributed by atoms with Crippen molar-refractivity contribution in [2.24, 2.45) is 0 Å². The molecular weight excluding hydrogens is 376 g/mol. The molecule has 2 rings (SSSR count). The Labute approximate surface area is 136 Å². The highest BCUT2D eigenvalue weighted by molar-refractivity contribution is 9.11. The summed E-state index contributed by atoms with van der Waals surface area (Å²) in [6, 6.07) is 2.05. The van der Waals surface area contributed by atoms with Gasteiger partial charge in [0.05, 0.1) is 9.98 Å². The van der Waals surface area contributed by atoms with Crippen molar-refractivity contribution < 1.29 is 8.42 Å². The van der Waals surface area contributed by atoms with Crippen LogP contribution >= 0.6 is 27.3 Å². The molecule has 0 atom stereocenters. The average molecular weight is 393 g/mol. The molecule has 3 N–H and O–H groups in total. The van der Waals surface area contributed by atoms with E-state index < -0.39 is 10.0 Å². The van der Waals surface area contributed by atoms with Crippen LogP contribution in [0.15, 0.2) is 27.1 Å². The zero-order chi connectivity index (χ0) is 15.5. The number of sulfonamides is 1. The van der Waals surface area contributed by atoms with Crippen LogP contribution in [0.1, 0.15) is 24.3 Å². The molecule has 0 aliphatic heterocycles.